The van der Waals surface area contributed by atoms with Gasteiger partial charge in [-0.05, 0) is 48.3 Å². The van der Waals surface area contributed by atoms with Crippen molar-refractivity contribution >= 4 is 32.8 Å². The first-order valence-electron chi connectivity index (χ1n) is 6.29. The van der Waals surface area contributed by atoms with Crippen molar-refractivity contribution in [3.63, 3.8) is 0 Å². The van der Waals surface area contributed by atoms with E-state index in [1.54, 1.807) is 6.07 Å². The number of hydrogen-bond donors (Lipinski definition) is 0. The first-order valence-corrected chi connectivity index (χ1v) is 7.08. The van der Waals surface area contributed by atoms with Crippen molar-refractivity contribution in [3.8, 4) is 5.75 Å². The van der Waals surface area contributed by atoms with Crippen LogP contribution in [0.2, 0.25) is 0 Å². The summed E-state index contributed by atoms with van der Waals surface area (Å²) in [5.74, 6) is 0.154. The number of carbonyl (C=O) groups is 1. The third-order valence-corrected chi connectivity index (χ3v) is 3.49. The molecule has 1 heterocycles. The van der Waals surface area contributed by atoms with Gasteiger partial charge in [0.1, 0.15) is 5.75 Å². The van der Waals surface area contributed by atoms with E-state index in [0.29, 0.717) is 5.75 Å². The maximum Gasteiger partial charge on any atom is 0.356 e. The van der Waals surface area contributed by atoms with Crippen LogP contribution in [0.25, 0.3) is 10.9 Å². The van der Waals surface area contributed by atoms with Gasteiger partial charge in [0.05, 0.1) is 24.1 Å². The third kappa shape index (κ3) is 2.77. The number of nitrogens with zero attached hydrogens (tertiary/aromatic N) is 1. The Balaban J connectivity index is 2.77. The maximum atomic E-state index is 11.7. The van der Waals surface area contributed by atoms with Crippen molar-refractivity contribution in [2.75, 3.05) is 7.11 Å². The molecule has 0 aliphatic rings. The summed E-state index contributed by atoms with van der Waals surface area (Å²) in [6, 6.07) is 5.52. The van der Waals surface area contributed by atoms with Gasteiger partial charge in [-0.15, -0.1) is 0 Å². The van der Waals surface area contributed by atoms with E-state index >= 15 is 0 Å². The summed E-state index contributed by atoms with van der Waals surface area (Å²) in [6.07, 6.45) is -0.00138. The summed E-state index contributed by atoms with van der Waals surface area (Å²) in [5, 5.41) is 0.867. The number of halogens is 1. The van der Waals surface area contributed by atoms with Crippen LogP contribution in [-0.4, -0.2) is 24.2 Å². The highest BCUT2D eigenvalue weighted by Gasteiger charge is 2.17. The van der Waals surface area contributed by atoms with Crippen LogP contribution in [0.3, 0.4) is 0 Å². The summed E-state index contributed by atoms with van der Waals surface area (Å²) in [5.41, 5.74) is 1.96. The number of aryl methyl sites for hydroxylation is 1. The molecule has 106 valence electrons. The minimum absolute atomic E-state index is 0.00138. The van der Waals surface area contributed by atoms with Crippen molar-refractivity contribution in [1.82, 2.24) is 4.98 Å². The van der Waals surface area contributed by atoms with E-state index < -0.39 is 5.97 Å². The number of aromatic nitrogens is 1. The highest BCUT2D eigenvalue weighted by atomic mass is 79.9. The lowest BCUT2D eigenvalue weighted by Gasteiger charge is -2.15. The van der Waals surface area contributed by atoms with Crippen LogP contribution < -0.4 is 4.74 Å². The monoisotopic (exact) mass is 337 g/mol. The predicted molar refractivity (Wildman–Crippen MR) is 81.3 cm³/mol. The molecule has 0 atom stereocenters. The smallest absolute Gasteiger partial charge is 0.356 e. The first kappa shape index (κ1) is 14.8. The summed E-state index contributed by atoms with van der Waals surface area (Å²) in [4.78, 5) is 16.1. The van der Waals surface area contributed by atoms with Crippen LogP contribution in [0.15, 0.2) is 22.7 Å². The van der Waals surface area contributed by atoms with Gasteiger partial charge in [0.25, 0.3) is 0 Å². The molecule has 2 aromatic rings. The topological polar surface area (TPSA) is 48.4 Å². The molecule has 5 heteroatoms. The second kappa shape index (κ2) is 5.79. The van der Waals surface area contributed by atoms with Gasteiger partial charge in [-0.3, -0.25) is 0 Å². The van der Waals surface area contributed by atoms with Crippen molar-refractivity contribution in [2.45, 2.75) is 26.9 Å². The van der Waals surface area contributed by atoms with Gasteiger partial charge >= 0.3 is 5.97 Å². The number of hydrogen-bond acceptors (Lipinski definition) is 4. The van der Waals surface area contributed by atoms with E-state index in [9.17, 15) is 4.79 Å². The Bertz CT molecular complexity index is 668. The molecular formula is C15H16BrNO3. The molecule has 1 aromatic heterocycles. The Morgan fingerprint density at radius 1 is 1.35 bits per heavy atom. The van der Waals surface area contributed by atoms with Gasteiger partial charge < -0.3 is 9.47 Å². The average Bonchev–Trinajstić information content (AvgIpc) is 2.41. The number of rotatable bonds is 3. The van der Waals surface area contributed by atoms with Crippen molar-refractivity contribution in [2.24, 2.45) is 0 Å². The van der Waals surface area contributed by atoms with Crippen molar-refractivity contribution < 1.29 is 14.3 Å². The summed E-state index contributed by atoms with van der Waals surface area (Å²) in [6.45, 7) is 5.82. The van der Waals surface area contributed by atoms with Gasteiger partial charge in [-0.2, -0.15) is 0 Å². The van der Waals surface area contributed by atoms with Crippen LogP contribution in [0.1, 0.15) is 29.9 Å². The molecule has 0 radical (unpaired) electrons. The molecular weight excluding hydrogens is 322 g/mol. The number of esters is 1. The van der Waals surface area contributed by atoms with Crippen LogP contribution >= 0.6 is 15.9 Å². The third-order valence-electron chi connectivity index (χ3n) is 2.83. The predicted octanol–water partition coefficient (Wildman–Crippen LogP) is 3.88. The van der Waals surface area contributed by atoms with E-state index in [2.05, 4.69) is 20.9 Å². The molecule has 0 N–H and O–H groups in total. The van der Waals surface area contributed by atoms with E-state index in [1.807, 2.05) is 32.9 Å². The summed E-state index contributed by atoms with van der Waals surface area (Å²) in [7, 11) is 1.34. The fourth-order valence-corrected chi connectivity index (χ4v) is 2.47. The van der Waals surface area contributed by atoms with Crippen LogP contribution in [0.4, 0.5) is 0 Å². The SMILES string of the molecule is COC(=O)c1cc(OC(C)C)c2c(Br)ccc(C)c2n1. The number of benzene rings is 1. The number of pyridine rings is 1. The van der Waals surface area contributed by atoms with Gasteiger partial charge in [0, 0.05) is 10.5 Å². The minimum Gasteiger partial charge on any atom is -0.490 e. The molecule has 0 saturated heterocycles. The molecule has 0 bridgehead atoms. The molecule has 20 heavy (non-hydrogen) atoms. The number of ether oxygens (including phenoxy) is 2. The lowest BCUT2D eigenvalue weighted by molar-refractivity contribution is 0.0593. The van der Waals surface area contributed by atoms with E-state index in [-0.39, 0.29) is 11.8 Å². The molecule has 0 unspecified atom stereocenters. The average molecular weight is 338 g/mol. The molecule has 0 fully saturated rings. The molecule has 4 nitrogen and oxygen atoms in total. The van der Waals surface area contributed by atoms with E-state index in [4.69, 9.17) is 9.47 Å². The second-order valence-electron chi connectivity index (χ2n) is 4.75. The molecule has 2 rings (SSSR count). The zero-order valence-electron chi connectivity index (χ0n) is 11.9. The normalized spacial score (nSPS) is 10.9. The van der Waals surface area contributed by atoms with Crippen LogP contribution in [-0.2, 0) is 4.74 Å². The van der Waals surface area contributed by atoms with Crippen LogP contribution in [0, 0.1) is 6.92 Å². The number of carbonyl (C=O) groups excluding carboxylic acids is 1. The Hall–Kier alpha value is -1.62. The molecule has 0 aliphatic carbocycles. The second-order valence-corrected chi connectivity index (χ2v) is 5.61. The highest BCUT2D eigenvalue weighted by Crippen LogP contribution is 2.34. The molecule has 0 aliphatic heterocycles. The lowest BCUT2D eigenvalue weighted by atomic mass is 10.1. The zero-order valence-corrected chi connectivity index (χ0v) is 13.4. The van der Waals surface area contributed by atoms with E-state index in [1.165, 1.54) is 7.11 Å². The Morgan fingerprint density at radius 3 is 2.65 bits per heavy atom. The van der Waals surface area contributed by atoms with Crippen molar-refractivity contribution in [3.05, 3.63) is 33.9 Å². The Morgan fingerprint density at radius 2 is 2.05 bits per heavy atom. The standard InChI is InChI=1S/C15H16BrNO3/c1-8(2)20-12-7-11(15(18)19-4)17-14-9(3)5-6-10(16)13(12)14/h5-8H,1-4H3. The highest BCUT2D eigenvalue weighted by molar-refractivity contribution is 9.10. The maximum absolute atomic E-state index is 11.7. The van der Waals surface area contributed by atoms with Gasteiger partial charge in [0.15, 0.2) is 5.69 Å². The van der Waals surface area contributed by atoms with Crippen molar-refractivity contribution in [1.29, 1.82) is 0 Å². The van der Waals surface area contributed by atoms with Gasteiger partial charge in [-0.25, -0.2) is 9.78 Å². The summed E-state index contributed by atoms with van der Waals surface area (Å²) < 4.78 is 11.5. The Labute approximate surface area is 126 Å². The zero-order chi connectivity index (χ0) is 14.9. The lowest BCUT2D eigenvalue weighted by Crippen LogP contribution is -2.10. The molecule has 0 saturated carbocycles. The quantitative estimate of drug-likeness (QED) is 0.797. The number of fused-ring (bicyclic) bond motifs is 1. The summed E-state index contributed by atoms with van der Waals surface area (Å²) >= 11 is 3.51. The molecule has 0 amide bonds. The van der Waals surface area contributed by atoms with Crippen LogP contribution in [0.5, 0.6) is 5.75 Å². The minimum atomic E-state index is -0.472. The fraction of sp³-hybridized carbons (Fsp3) is 0.333. The van der Waals surface area contributed by atoms with Gasteiger partial charge in [0.2, 0.25) is 0 Å². The van der Waals surface area contributed by atoms with E-state index in [0.717, 1.165) is 20.9 Å². The first-order chi connectivity index (χ1) is 9.43. The Kier molecular flexibility index (Phi) is 4.28. The number of methoxy groups -OCH3 is 1. The molecule has 0 spiro atoms. The van der Waals surface area contributed by atoms with Gasteiger partial charge in [-0.1, -0.05) is 6.07 Å². The molecule has 1 aromatic carbocycles. The fourth-order valence-electron chi connectivity index (χ4n) is 1.95. The largest absolute Gasteiger partial charge is 0.490 e.